The first kappa shape index (κ1) is 21.9. The zero-order chi connectivity index (χ0) is 22.7. The van der Waals surface area contributed by atoms with Crippen LogP contribution in [0.3, 0.4) is 0 Å². The fraction of sp³-hybridized carbons (Fsp3) is 0.280. The van der Waals surface area contributed by atoms with E-state index in [1.165, 1.54) is 0 Å². The molecule has 1 aliphatic rings. The summed E-state index contributed by atoms with van der Waals surface area (Å²) in [6.45, 7) is 4.33. The van der Waals surface area contributed by atoms with Gasteiger partial charge in [-0.2, -0.15) is 0 Å². The van der Waals surface area contributed by atoms with E-state index in [4.69, 9.17) is 5.11 Å². The molecule has 0 bridgehead atoms. The van der Waals surface area contributed by atoms with E-state index in [1.54, 1.807) is 11.3 Å². The molecule has 1 aromatic heterocycles. The Morgan fingerprint density at radius 1 is 1.09 bits per heavy atom. The highest BCUT2D eigenvalue weighted by molar-refractivity contribution is 7.15. The van der Waals surface area contributed by atoms with Crippen LogP contribution in [0.2, 0.25) is 0 Å². The van der Waals surface area contributed by atoms with Gasteiger partial charge in [-0.1, -0.05) is 37.3 Å². The molecule has 0 saturated carbocycles. The number of nitrogens with one attached hydrogen (secondary N) is 2. The Labute approximate surface area is 191 Å². The van der Waals surface area contributed by atoms with Gasteiger partial charge in [-0.05, 0) is 54.8 Å². The average Bonchev–Trinajstić information content (AvgIpc) is 3.27. The lowest BCUT2D eigenvalue weighted by atomic mass is 9.91. The Kier molecular flexibility index (Phi) is 6.46. The van der Waals surface area contributed by atoms with Crippen LogP contribution >= 0.6 is 11.3 Å². The first-order chi connectivity index (χ1) is 15.5. The smallest absolute Gasteiger partial charge is 0.404 e. The number of carboxylic acid groups (broad SMARTS) is 1. The Morgan fingerprint density at radius 3 is 2.56 bits per heavy atom. The second-order valence-corrected chi connectivity index (χ2v) is 9.13. The number of carbonyl (C=O) groups excluding carboxylic acids is 1. The molecule has 3 N–H and O–H groups in total. The van der Waals surface area contributed by atoms with E-state index < -0.39 is 6.09 Å². The Bertz CT molecular complexity index is 1110. The van der Waals surface area contributed by atoms with Gasteiger partial charge in [-0.25, -0.2) is 4.79 Å². The number of hydrogen-bond donors (Lipinski definition) is 3. The van der Waals surface area contributed by atoms with Gasteiger partial charge in [0.15, 0.2) is 0 Å². The van der Waals surface area contributed by atoms with Crippen LogP contribution in [-0.2, 0) is 11.3 Å². The molecule has 32 heavy (non-hydrogen) atoms. The van der Waals surface area contributed by atoms with Crippen LogP contribution in [-0.4, -0.2) is 23.1 Å². The number of amides is 2. The van der Waals surface area contributed by atoms with Crippen molar-refractivity contribution in [3.05, 3.63) is 71.1 Å². The molecule has 3 aromatic rings. The van der Waals surface area contributed by atoms with Crippen molar-refractivity contribution in [2.24, 2.45) is 0 Å². The number of hydrogen-bond acceptors (Lipinski definition) is 4. The molecule has 4 rings (SSSR count). The molecule has 2 heterocycles. The third kappa shape index (κ3) is 4.62. The summed E-state index contributed by atoms with van der Waals surface area (Å²) in [6, 6.07) is 20.7. The number of fused-ring (bicyclic) bond motifs is 1. The zero-order valence-electron chi connectivity index (χ0n) is 18.2. The van der Waals surface area contributed by atoms with Crippen LogP contribution < -0.4 is 15.5 Å². The summed E-state index contributed by atoms with van der Waals surface area (Å²) in [5.74, 6) is 0.154. The summed E-state index contributed by atoms with van der Waals surface area (Å²) in [4.78, 5) is 27.2. The molecule has 7 heteroatoms. The molecule has 0 aliphatic carbocycles. The van der Waals surface area contributed by atoms with Crippen molar-refractivity contribution in [2.75, 3.05) is 10.2 Å². The van der Waals surface area contributed by atoms with Gasteiger partial charge in [0, 0.05) is 33.6 Å². The Morgan fingerprint density at radius 2 is 1.84 bits per heavy atom. The molecule has 2 amide bonds. The van der Waals surface area contributed by atoms with Crippen LogP contribution in [0.4, 0.5) is 16.2 Å². The number of rotatable bonds is 6. The molecule has 0 spiro atoms. The standard InChI is InChI=1S/C25H27N3O3S/c1-3-24(29)28-16(2)14-21(20-6-4-5-7-22(20)28)27-18-10-8-17(9-11-18)23-13-12-19(32-23)15-26-25(30)31/h4-13,16,21,26-27H,3,14-15H2,1-2H3,(H,30,31)/t16-,21+/m0/s1. The molecular formula is C25H27N3O3S. The van der Waals surface area contributed by atoms with Gasteiger partial charge in [0.1, 0.15) is 0 Å². The van der Waals surface area contributed by atoms with Crippen LogP contribution in [0.5, 0.6) is 0 Å². The molecule has 0 radical (unpaired) electrons. The molecule has 0 unspecified atom stereocenters. The van der Waals surface area contributed by atoms with Crippen LogP contribution in [0.25, 0.3) is 10.4 Å². The van der Waals surface area contributed by atoms with Crippen molar-refractivity contribution in [3.63, 3.8) is 0 Å². The molecule has 6 nitrogen and oxygen atoms in total. The van der Waals surface area contributed by atoms with Crippen LogP contribution in [0.1, 0.15) is 43.2 Å². The third-order valence-electron chi connectivity index (χ3n) is 5.75. The lowest BCUT2D eigenvalue weighted by molar-refractivity contribution is -0.118. The minimum atomic E-state index is -1.02. The SMILES string of the molecule is CCC(=O)N1c2ccccc2[C@H](Nc2ccc(-c3ccc(CNC(=O)O)s3)cc2)C[C@@H]1C. The largest absolute Gasteiger partial charge is 0.465 e. The van der Waals surface area contributed by atoms with E-state index in [9.17, 15) is 9.59 Å². The normalized spacial score (nSPS) is 17.5. The number of nitrogens with zero attached hydrogens (tertiary/aromatic N) is 1. The fourth-order valence-electron chi connectivity index (χ4n) is 4.22. The number of para-hydroxylation sites is 1. The van der Waals surface area contributed by atoms with Gasteiger partial charge in [-0.15, -0.1) is 11.3 Å². The van der Waals surface area contributed by atoms with E-state index in [2.05, 4.69) is 47.9 Å². The van der Waals surface area contributed by atoms with Gasteiger partial charge >= 0.3 is 6.09 Å². The molecule has 2 aromatic carbocycles. The number of thiophene rings is 1. The number of carbonyl (C=O) groups is 2. The highest BCUT2D eigenvalue weighted by atomic mass is 32.1. The van der Waals surface area contributed by atoms with E-state index in [-0.39, 0.29) is 18.0 Å². The van der Waals surface area contributed by atoms with Crippen molar-refractivity contribution in [2.45, 2.75) is 45.3 Å². The summed E-state index contributed by atoms with van der Waals surface area (Å²) in [6.07, 6.45) is 0.320. The zero-order valence-corrected chi connectivity index (χ0v) is 19.0. The maximum absolute atomic E-state index is 12.5. The maximum Gasteiger partial charge on any atom is 0.404 e. The second-order valence-electron chi connectivity index (χ2n) is 7.96. The quantitative estimate of drug-likeness (QED) is 0.439. The van der Waals surface area contributed by atoms with E-state index in [0.717, 1.165) is 38.7 Å². The lowest BCUT2D eigenvalue weighted by Gasteiger charge is -2.40. The van der Waals surface area contributed by atoms with Gasteiger partial charge in [-0.3, -0.25) is 4.79 Å². The Balaban J connectivity index is 1.50. The second kappa shape index (κ2) is 9.44. The van der Waals surface area contributed by atoms with E-state index >= 15 is 0 Å². The van der Waals surface area contributed by atoms with Crippen LogP contribution in [0, 0.1) is 0 Å². The van der Waals surface area contributed by atoms with Crippen molar-refractivity contribution in [1.82, 2.24) is 5.32 Å². The maximum atomic E-state index is 12.5. The number of anilines is 2. The molecule has 0 saturated heterocycles. The molecular weight excluding hydrogens is 422 g/mol. The summed E-state index contributed by atoms with van der Waals surface area (Å²) in [5.41, 5.74) is 4.26. The molecule has 2 atom stereocenters. The van der Waals surface area contributed by atoms with Gasteiger partial charge in [0.05, 0.1) is 12.6 Å². The highest BCUT2D eigenvalue weighted by Crippen LogP contribution is 2.39. The van der Waals surface area contributed by atoms with E-state index in [0.29, 0.717) is 13.0 Å². The van der Waals surface area contributed by atoms with Gasteiger partial charge in [0.25, 0.3) is 0 Å². The number of benzene rings is 2. The van der Waals surface area contributed by atoms with Crippen molar-refractivity contribution in [1.29, 1.82) is 0 Å². The minimum Gasteiger partial charge on any atom is -0.465 e. The third-order valence-corrected chi connectivity index (χ3v) is 6.88. The molecule has 1 aliphatic heterocycles. The summed E-state index contributed by atoms with van der Waals surface area (Å²) in [7, 11) is 0. The highest BCUT2D eigenvalue weighted by Gasteiger charge is 2.32. The lowest BCUT2D eigenvalue weighted by Crippen LogP contribution is -2.44. The monoisotopic (exact) mass is 449 g/mol. The predicted octanol–water partition coefficient (Wildman–Crippen LogP) is 5.87. The summed E-state index contributed by atoms with van der Waals surface area (Å²) < 4.78 is 0. The first-order valence-electron chi connectivity index (χ1n) is 10.8. The van der Waals surface area contributed by atoms with Gasteiger partial charge in [0.2, 0.25) is 5.91 Å². The van der Waals surface area contributed by atoms with E-state index in [1.807, 2.05) is 42.2 Å². The summed E-state index contributed by atoms with van der Waals surface area (Å²) >= 11 is 1.58. The van der Waals surface area contributed by atoms with Crippen molar-refractivity contribution in [3.8, 4) is 10.4 Å². The molecule has 166 valence electrons. The summed E-state index contributed by atoms with van der Waals surface area (Å²) in [5, 5.41) is 14.8. The van der Waals surface area contributed by atoms with Gasteiger partial charge < -0.3 is 20.6 Å². The minimum absolute atomic E-state index is 0.123. The Hall–Kier alpha value is -3.32. The molecule has 0 fully saturated rings. The topological polar surface area (TPSA) is 81.7 Å². The fourth-order valence-corrected chi connectivity index (χ4v) is 5.18. The van der Waals surface area contributed by atoms with Crippen LogP contribution in [0.15, 0.2) is 60.7 Å². The van der Waals surface area contributed by atoms with Crippen molar-refractivity contribution < 1.29 is 14.7 Å². The first-order valence-corrected chi connectivity index (χ1v) is 11.6. The van der Waals surface area contributed by atoms with Crippen molar-refractivity contribution >= 4 is 34.7 Å². The average molecular weight is 450 g/mol. The predicted molar refractivity (Wildman–Crippen MR) is 129 cm³/mol.